The molecule has 0 saturated carbocycles. The number of hydrogen-bond acceptors (Lipinski definition) is 6. The summed E-state index contributed by atoms with van der Waals surface area (Å²) in [6.45, 7) is 1.64. The lowest BCUT2D eigenvalue weighted by Crippen LogP contribution is -2.15. The van der Waals surface area contributed by atoms with Gasteiger partial charge in [-0.3, -0.25) is 9.59 Å². The standard InChI is InChI=1S/C27H36O6/c1-31-13-14-32-15-16-33-21-27(30)19-25-8-4-7-23(17-25)6-3-2-5-22-9-11-24(12-10-22)18-26(29)20-28/h4,7-12,17,28H,2-3,5-6,13-16,18-21H2,1H3. The lowest BCUT2D eigenvalue weighted by Gasteiger charge is -2.07. The van der Waals surface area contributed by atoms with Crippen LogP contribution in [0.5, 0.6) is 0 Å². The third-order valence-corrected chi connectivity index (χ3v) is 5.24. The maximum Gasteiger partial charge on any atom is 0.162 e. The minimum atomic E-state index is -0.407. The highest BCUT2D eigenvalue weighted by Gasteiger charge is 2.06. The first-order chi connectivity index (χ1) is 16.1. The van der Waals surface area contributed by atoms with Crippen LogP contribution in [0.4, 0.5) is 0 Å². The Balaban J connectivity index is 1.64. The summed E-state index contributed by atoms with van der Waals surface area (Å²) in [7, 11) is 1.63. The number of carbonyl (C=O) groups is 2. The molecule has 0 fully saturated rings. The molecule has 0 aliphatic carbocycles. The van der Waals surface area contributed by atoms with Gasteiger partial charge in [-0.15, -0.1) is 0 Å². The summed E-state index contributed by atoms with van der Waals surface area (Å²) in [6, 6.07) is 16.2. The molecule has 2 rings (SSSR count). The van der Waals surface area contributed by atoms with Crippen LogP contribution in [0, 0.1) is 0 Å². The Hall–Kier alpha value is -2.38. The quantitative estimate of drug-likeness (QED) is 0.347. The van der Waals surface area contributed by atoms with Gasteiger partial charge in [-0.05, 0) is 47.9 Å². The van der Waals surface area contributed by atoms with E-state index in [4.69, 9.17) is 19.3 Å². The van der Waals surface area contributed by atoms with Crippen molar-refractivity contribution in [2.45, 2.75) is 38.5 Å². The first-order valence-corrected chi connectivity index (χ1v) is 11.5. The number of rotatable bonds is 18. The molecule has 180 valence electrons. The fourth-order valence-electron chi connectivity index (χ4n) is 3.49. The molecule has 6 nitrogen and oxygen atoms in total. The van der Waals surface area contributed by atoms with Gasteiger partial charge in [0.2, 0.25) is 0 Å². The van der Waals surface area contributed by atoms with Gasteiger partial charge < -0.3 is 19.3 Å². The van der Waals surface area contributed by atoms with Crippen LogP contribution in [0.3, 0.4) is 0 Å². The molecule has 0 atom stereocenters. The first-order valence-electron chi connectivity index (χ1n) is 11.5. The minimum Gasteiger partial charge on any atom is -0.389 e. The van der Waals surface area contributed by atoms with Crippen molar-refractivity contribution in [3.8, 4) is 0 Å². The van der Waals surface area contributed by atoms with Crippen LogP contribution in [-0.2, 0) is 49.5 Å². The van der Waals surface area contributed by atoms with E-state index in [-0.39, 0.29) is 24.6 Å². The number of carbonyl (C=O) groups excluding carboxylic acids is 2. The third-order valence-electron chi connectivity index (χ3n) is 5.24. The lowest BCUT2D eigenvalue weighted by atomic mass is 10.00. The van der Waals surface area contributed by atoms with Crippen molar-refractivity contribution >= 4 is 11.6 Å². The summed E-state index contributed by atoms with van der Waals surface area (Å²) in [5.74, 6) is -0.101. The molecular weight excluding hydrogens is 420 g/mol. The molecule has 0 bridgehead atoms. The highest BCUT2D eigenvalue weighted by atomic mass is 16.5. The van der Waals surface area contributed by atoms with E-state index in [1.165, 1.54) is 11.1 Å². The Kier molecular flexibility index (Phi) is 13.2. The van der Waals surface area contributed by atoms with Gasteiger partial charge in [0.1, 0.15) is 13.2 Å². The van der Waals surface area contributed by atoms with Crippen molar-refractivity contribution in [3.63, 3.8) is 0 Å². The van der Waals surface area contributed by atoms with Crippen molar-refractivity contribution in [2.24, 2.45) is 0 Å². The lowest BCUT2D eigenvalue weighted by molar-refractivity contribution is -0.123. The number of aryl methyl sites for hydroxylation is 2. The maximum absolute atomic E-state index is 12.2. The van der Waals surface area contributed by atoms with E-state index in [1.807, 2.05) is 24.3 Å². The predicted octanol–water partition coefficient (Wildman–Crippen LogP) is 3.15. The van der Waals surface area contributed by atoms with Gasteiger partial charge >= 0.3 is 0 Å². The number of benzene rings is 2. The molecule has 2 aromatic carbocycles. The van der Waals surface area contributed by atoms with E-state index in [9.17, 15) is 9.59 Å². The smallest absolute Gasteiger partial charge is 0.162 e. The SMILES string of the molecule is COCCOCCOCC(=O)Cc1cccc(CCCCc2ccc(CC(=O)CO)cc2)c1. The van der Waals surface area contributed by atoms with Gasteiger partial charge in [-0.1, -0.05) is 48.5 Å². The zero-order chi connectivity index (χ0) is 23.7. The molecule has 0 saturated heterocycles. The van der Waals surface area contributed by atoms with Crippen molar-refractivity contribution in [1.82, 2.24) is 0 Å². The average Bonchev–Trinajstić information content (AvgIpc) is 2.82. The zero-order valence-corrected chi connectivity index (χ0v) is 19.6. The van der Waals surface area contributed by atoms with Crippen LogP contribution < -0.4 is 0 Å². The molecule has 0 radical (unpaired) electrons. The summed E-state index contributed by atoms with van der Waals surface area (Å²) in [5, 5.41) is 8.84. The van der Waals surface area contributed by atoms with E-state index in [0.29, 0.717) is 32.8 Å². The van der Waals surface area contributed by atoms with Crippen LogP contribution in [-0.4, -0.2) is 63.4 Å². The largest absolute Gasteiger partial charge is 0.389 e. The molecule has 0 aromatic heterocycles. The second-order valence-corrected chi connectivity index (χ2v) is 8.09. The number of ether oxygens (including phenoxy) is 3. The fourth-order valence-corrected chi connectivity index (χ4v) is 3.49. The number of Topliss-reactive ketones (excluding diaryl/α,β-unsaturated/α-hetero) is 2. The number of aliphatic hydroxyl groups is 1. The van der Waals surface area contributed by atoms with Crippen molar-refractivity contribution in [1.29, 1.82) is 0 Å². The average molecular weight is 457 g/mol. The number of methoxy groups -OCH3 is 1. The number of hydrogen-bond donors (Lipinski definition) is 1. The Labute approximate surface area is 196 Å². The molecule has 0 aliphatic rings. The first kappa shape index (κ1) is 26.9. The number of ketones is 2. The molecule has 0 spiro atoms. The molecule has 0 aliphatic heterocycles. The van der Waals surface area contributed by atoms with Crippen LogP contribution in [0.25, 0.3) is 0 Å². The second kappa shape index (κ2) is 16.3. The molecular formula is C27H36O6. The summed E-state index contributed by atoms with van der Waals surface area (Å²) in [6.07, 6.45) is 4.75. The van der Waals surface area contributed by atoms with Crippen LogP contribution >= 0.6 is 0 Å². The van der Waals surface area contributed by atoms with Crippen molar-refractivity contribution in [3.05, 3.63) is 70.8 Å². The van der Waals surface area contributed by atoms with Crippen LogP contribution in [0.15, 0.2) is 48.5 Å². The van der Waals surface area contributed by atoms with Crippen LogP contribution in [0.1, 0.15) is 35.1 Å². The van der Waals surface area contributed by atoms with E-state index in [0.717, 1.165) is 36.8 Å². The molecule has 0 heterocycles. The molecule has 0 unspecified atom stereocenters. The van der Waals surface area contributed by atoms with Gasteiger partial charge in [0.25, 0.3) is 0 Å². The zero-order valence-electron chi connectivity index (χ0n) is 19.6. The Morgan fingerprint density at radius 1 is 0.727 bits per heavy atom. The normalized spacial score (nSPS) is 11.0. The Bertz CT molecular complexity index is 831. The Morgan fingerprint density at radius 3 is 2.06 bits per heavy atom. The topological polar surface area (TPSA) is 82.1 Å². The molecule has 6 heteroatoms. The monoisotopic (exact) mass is 456 g/mol. The van der Waals surface area contributed by atoms with Gasteiger partial charge in [-0.2, -0.15) is 0 Å². The Morgan fingerprint density at radius 2 is 1.33 bits per heavy atom. The summed E-state index contributed by atoms with van der Waals surface area (Å²) in [5.41, 5.74) is 4.44. The summed E-state index contributed by atoms with van der Waals surface area (Å²) >= 11 is 0. The van der Waals surface area contributed by atoms with Gasteiger partial charge in [0.15, 0.2) is 11.6 Å². The molecule has 2 aromatic rings. The van der Waals surface area contributed by atoms with E-state index in [2.05, 4.69) is 24.3 Å². The van der Waals surface area contributed by atoms with Gasteiger partial charge in [0.05, 0.1) is 26.4 Å². The van der Waals surface area contributed by atoms with Gasteiger partial charge in [0, 0.05) is 20.0 Å². The summed E-state index contributed by atoms with van der Waals surface area (Å²) < 4.78 is 15.6. The molecule has 0 amide bonds. The highest BCUT2D eigenvalue weighted by molar-refractivity contribution is 5.82. The maximum atomic E-state index is 12.2. The third kappa shape index (κ3) is 11.9. The minimum absolute atomic E-state index is 0.0631. The van der Waals surface area contributed by atoms with Gasteiger partial charge in [-0.25, -0.2) is 0 Å². The highest BCUT2D eigenvalue weighted by Crippen LogP contribution is 2.13. The second-order valence-electron chi connectivity index (χ2n) is 8.09. The number of aliphatic hydroxyl groups excluding tert-OH is 1. The van der Waals surface area contributed by atoms with Crippen LogP contribution in [0.2, 0.25) is 0 Å². The predicted molar refractivity (Wildman–Crippen MR) is 128 cm³/mol. The van der Waals surface area contributed by atoms with E-state index >= 15 is 0 Å². The summed E-state index contributed by atoms with van der Waals surface area (Å²) in [4.78, 5) is 23.5. The van der Waals surface area contributed by atoms with E-state index < -0.39 is 6.61 Å². The van der Waals surface area contributed by atoms with Crippen molar-refractivity contribution < 1.29 is 28.9 Å². The molecule has 1 N–H and O–H groups in total. The van der Waals surface area contributed by atoms with Crippen molar-refractivity contribution in [2.75, 3.05) is 46.8 Å². The van der Waals surface area contributed by atoms with E-state index in [1.54, 1.807) is 7.11 Å². The molecule has 33 heavy (non-hydrogen) atoms. The fraction of sp³-hybridized carbons (Fsp3) is 0.481. The number of unbranched alkanes of at least 4 members (excludes halogenated alkanes) is 1.